The number of carbonyl (C=O) groups excluding carboxylic acids is 2. The van der Waals surface area contributed by atoms with Crippen LogP contribution in [0.1, 0.15) is 51.0 Å². The van der Waals surface area contributed by atoms with Crippen LogP contribution in [0.3, 0.4) is 0 Å². The largest absolute Gasteiger partial charge is 0.493 e. The number of rotatable bonds is 6. The maximum absolute atomic E-state index is 12.9. The lowest BCUT2D eigenvalue weighted by Gasteiger charge is -2.34. The molecule has 150 valence electrons. The molecule has 0 radical (unpaired) electrons. The second kappa shape index (κ2) is 8.50. The van der Waals surface area contributed by atoms with Gasteiger partial charge in [-0.15, -0.1) is 0 Å². The summed E-state index contributed by atoms with van der Waals surface area (Å²) in [7, 11) is 3.14. The number of hydrogen-bond acceptors (Lipinski definition) is 6. The van der Waals surface area contributed by atoms with Crippen LogP contribution in [-0.4, -0.2) is 32.6 Å². The Morgan fingerprint density at radius 1 is 1.18 bits per heavy atom. The number of dihydropyridines is 1. The summed E-state index contributed by atoms with van der Waals surface area (Å²) in [6.07, 6.45) is 2.83. The molecule has 1 heterocycles. The highest BCUT2D eigenvalue weighted by Gasteiger charge is 2.39. The second-order valence-corrected chi connectivity index (χ2v) is 7.02. The van der Waals surface area contributed by atoms with Crippen LogP contribution in [-0.2, 0) is 14.3 Å². The molecule has 2 aliphatic rings. The first kappa shape index (κ1) is 20.0. The van der Waals surface area contributed by atoms with Gasteiger partial charge in [-0.3, -0.25) is 4.79 Å². The lowest BCUT2D eigenvalue weighted by atomic mass is 9.75. The maximum Gasteiger partial charge on any atom is 0.336 e. The Morgan fingerprint density at radius 2 is 1.93 bits per heavy atom. The van der Waals surface area contributed by atoms with E-state index in [1.807, 2.05) is 26.0 Å². The summed E-state index contributed by atoms with van der Waals surface area (Å²) in [6.45, 7) is 4.15. The second-order valence-electron chi connectivity index (χ2n) is 7.02. The number of Topliss-reactive ketones (excluding diaryl/α,β-unsaturated/α-hetero) is 1. The van der Waals surface area contributed by atoms with Crippen molar-refractivity contribution in [3.63, 3.8) is 0 Å². The Bertz CT molecular complexity index is 852. The highest BCUT2D eigenvalue weighted by atomic mass is 16.5. The van der Waals surface area contributed by atoms with Gasteiger partial charge < -0.3 is 19.5 Å². The van der Waals surface area contributed by atoms with E-state index in [-0.39, 0.29) is 5.78 Å². The third kappa shape index (κ3) is 3.63. The number of hydrogen-bond donors (Lipinski definition) is 1. The van der Waals surface area contributed by atoms with E-state index < -0.39 is 11.9 Å². The molecule has 28 heavy (non-hydrogen) atoms. The van der Waals surface area contributed by atoms with Crippen LogP contribution in [0.15, 0.2) is 40.7 Å². The molecule has 0 amide bonds. The van der Waals surface area contributed by atoms with Gasteiger partial charge in [-0.1, -0.05) is 13.0 Å². The number of ketones is 1. The number of esters is 1. The molecule has 1 aromatic rings. The molecule has 1 aliphatic carbocycles. The van der Waals surface area contributed by atoms with Gasteiger partial charge in [0.15, 0.2) is 17.3 Å². The molecule has 0 saturated heterocycles. The zero-order valence-electron chi connectivity index (χ0n) is 16.9. The summed E-state index contributed by atoms with van der Waals surface area (Å²) in [6, 6.07) is 5.51. The number of carbonyl (C=O) groups is 2. The summed E-state index contributed by atoms with van der Waals surface area (Å²) in [4.78, 5) is 25.8. The number of allylic oxidation sites excluding steroid dienone is 3. The fourth-order valence-electron chi connectivity index (χ4n) is 3.89. The van der Waals surface area contributed by atoms with Gasteiger partial charge in [-0.05, 0) is 43.9 Å². The van der Waals surface area contributed by atoms with Gasteiger partial charge in [-0.25, -0.2) is 4.79 Å². The molecule has 0 aromatic heterocycles. The smallest absolute Gasteiger partial charge is 0.336 e. The van der Waals surface area contributed by atoms with Gasteiger partial charge in [0.2, 0.25) is 0 Å². The molecule has 0 spiro atoms. The molecule has 3 rings (SSSR count). The predicted octanol–water partition coefficient (Wildman–Crippen LogP) is 3.62. The predicted molar refractivity (Wildman–Crippen MR) is 105 cm³/mol. The molecule has 0 bridgehead atoms. The van der Waals surface area contributed by atoms with Gasteiger partial charge in [0, 0.05) is 29.3 Å². The Hall–Kier alpha value is -2.76. The molecule has 0 fully saturated rings. The Kier molecular flexibility index (Phi) is 6.07. The normalized spacial score (nSPS) is 19.1. The molecule has 6 nitrogen and oxygen atoms in total. The van der Waals surface area contributed by atoms with E-state index in [0.29, 0.717) is 35.7 Å². The average molecular weight is 385 g/mol. The molecule has 1 aliphatic heterocycles. The van der Waals surface area contributed by atoms with Crippen molar-refractivity contribution >= 4 is 11.8 Å². The number of nitrogens with one attached hydrogen (secondary N) is 1. The number of benzene rings is 1. The fourth-order valence-corrected chi connectivity index (χ4v) is 3.89. The van der Waals surface area contributed by atoms with Crippen LogP contribution in [0.4, 0.5) is 0 Å². The van der Waals surface area contributed by atoms with Crippen molar-refractivity contribution < 1.29 is 23.8 Å². The average Bonchev–Trinajstić information content (AvgIpc) is 2.70. The summed E-state index contributed by atoms with van der Waals surface area (Å²) in [5, 5.41) is 3.29. The van der Waals surface area contributed by atoms with Crippen LogP contribution < -0.4 is 14.8 Å². The van der Waals surface area contributed by atoms with Crippen molar-refractivity contribution in [1.29, 1.82) is 0 Å². The summed E-state index contributed by atoms with van der Waals surface area (Å²) in [5.41, 5.74) is 3.59. The fraction of sp³-hybridized carbons (Fsp3) is 0.455. The van der Waals surface area contributed by atoms with Gasteiger partial charge in [0.1, 0.15) is 0 Å². The zero-order valence-corrected chi connectivity index (χ0v) is 16.9. The zero-order chi connectivity index (χ0) is 20.3. The van der Waals surface area contributed by atoms with Crippen LogP contribution >= 0.6 is 0 Å². The Labute approximate surface area is 165 Å². The molecular formula is C22H27NO5. The first-order valence-corrected chi connectivity index (χ1v) is 9.64. The molecule has 6 heteroatoms. The minimum atomic E-state index is -0.479. The van der Waals surface area contributed by atoms with Crippen LogP contribution in [0.5, 0.6) is 11.5 Å². The van der Waals surface area contributed by atoms with E-state index in [1.54, 1.807) is 20.3 Å². The Morgan fingerprint density at radius 3 is 2.61 bits per heavy atom. The lowest BCUT2D eigenvalue weighted by Crippen LogP contribution is -2.34. The molecule has 0 saturated carbocycles. The molecule has 1 aromatic carbocycles. The van der Waals surface area contributed by atoms with Crippen LogP contribution in [0.2, 0.25) is 0 Å². The first-order valence-electron chi connectivity index (χ1n) is 9.64. The number of methoxy groups -OCH3 is 2. The van der Waals surface area contributed by atoms with Crippen molar-refractivity contribution in [3.8, 4) is 11.5 Å². The Balaban J connectivity index is 2.14. The van der Waals surface area contributed by atoms with Crippen molar-refractivity contribution in [2.24, 2.45) is 0 Å². The van der Waals surface area contributed by atoms with Gasteiger partial charge in [0.05, 0.1) is 26.4 Å². The third-order valence-corrected chi connectivity index (χ3v) is 5.17. The SMILES string of the molecule is CCCOC(=O)C1=C(C)NC2=C(C(=O)CCC2)[C@H]1c1ccc(OC)c(OC)c1. The van der Waals surface area contributed by atoms with Crippen LogP contribution in [0, 0.1) is 0 Å². The van der Waals surface area contributed by atoms with E-state index in [0.717, 1.165) is 36.2 Å². The quantitative estimate of drug-likeness (QED) is 0.754. The molecule has 1 atom stereocenters. The number of ether oxygens (including phenoxy) is 3. The third-order valence-electron chi connectivity index (χ3n) is 5.17. The molecule has 1 N–H and O–H groups in total. The highest BCUT2D eigenvalue weighted by molar-refractivity contribution is 6.03. The topological polar surface area (TPSA) is 73.9 Å². The molecular weight excluding hydrogens is 358 g/mol. The van der Waals surface area contributed by atoms with Gasteiger partial charge in [0.25, 0.3) is 0 Å². The highest BCUT2D eigenvalue weighted by Crippen LogP contribution is 2.44. The van der Waals surface area contributed by atoms with Crippen LogP contribution in [0.25, 0.3) is 0 Å². The summed E-state index contributed by atoms with van der Waals surface area (Å²) in [5.74, 6) is 0.356. The maximum atomic E-state index is 12.9. The van der Waals surface area contributed by atoms with Gasteiger partial charge in [-0.2, -0.15) is 0 Å². The van der Waals surface area contributed by atoms with E-state index in [4.69, 9.17) is 14.2 Å². The molecule has 0 unspecified atom stereocenters. The van der Waals surface area contributed by atoms with Crippen molar-refractivity contribution in [2.75, 3.05) is 20.8 Å². The summed E-state index contributed by atoms with van der Waals surface area (Å²) < 4.78 is 16.2. The van der Waals surface area contributed by atoms with E-state index in [2.05, 4.69) is 5.32 Å². The van der Waals surface area contributed by atoms with E-state index >= 15 is 0 Å². The standard InChI is InChI=1S/C22H27NO5/c1-5-11-28-22(25)19-13(2)23-15-7-6-8-16(24)21(15)20(19)14-9-10-17(26-3)18(12-14)27-4/h9-10,12,20,23H,5-8,11H2,1-4H3/t20-/m0/s1. The van der Waals surface area contributed by atoms with Crippen molar-refractivity contribution in [2.45, 2.75) is 45.4 Å². The first-order chi connectivity index (χ1) is 13.5. The van der Waals surface area contributed by atoms with Crippen molar-refractivity contribution in [3.05, 3.63) is 46.3 Å². The lowest BCUT2D eigenvalue weighted by molar-refractivity contribution is -0.139. The summed E-state index contributed by atoms with van der Waals surface area (Å²) >= 11 is 0. The minimum Gasteiger partial charge on any atom is -0.493 e. The van der Waals surface area contributed by atoms with Crippen molar-refractivity contribution in [1.82, 2.24) is 5.32 Å². The van der Waals surface area contributed by atoms with E-state index in [9.17, 15) is 9.59 Å². The van der Waals surface area contributed by atoms with Gasteiger partial charge >= 0.3 is 5.97 Å². The van der Waals surface area contributed by atoms with E-state index in [1.165, 1.54) is 0 Å². The minimum absolute atomic E-state index is 0.0711. The monoisotopic (exact) mass is 385 g/mol.